The lowest BCUT2D eigenvalue weighted by Gasteiger charge is -2.21. The molecule has 3 rings (SSSR count). The first-order chi connectivity index (χ1) is 10.5. The van der Waals surface area contributed by atoms with Gasteiger partial charge in [0.05, 0.1) is 5.52 Å². The molecule has 1 saturated heterocycles. The molecular formula is C19H27N3. The highest BCUT2D eigenvalue weighted by Crippen LogP contribution is 2.26. The summed E-state index contributed by atoms with van der Waals surface area (Å²) in [4.78, 5) is 9.72. The van der Waals surface area contributed by atoms with Crippen molar-refractivity contribution in [1.82, 2.24) is 14.8 Å². The molecule has 0 aliphatic carbocycles. The number of benzene rings is 1. The quantitative estimate of drug-likeness (QED) is 0.866. The Labute approximate surface area is 133 Å². The third kappa shape index (κ3) is 2.88. The fraction of sp³-hybridized carbons (Fsp3) is 0.526. The molecule has 1 fully saturated rings. The van der Waals surface area contributed by atoms with Crippen LogP contribution in [0.2, 0.25) is 0 Å². The molecule has 1 aliphatic heterocycles. The summed E-state index contributed by atoms with van der Waals surface area (Å²) in [6.45, 7) is 9.85. The molecule has 1 unspecified atom stereocenters. The number of rotatable bonds is 3. The highest BCUT2D eigenvalue weighted by Gasteiger charge is 2.24. The van der Waals surface area contributed by atoms with E-state index in [9.17, 15) is 0 Å². The summed E-state index contributed by atoms with van der Waals surface area (Å²) >= 11 is 0. The van der Waals surface area contributed by atoms with Crippen LogP contribution in [0.15, 0.2) is 18.2 Å². The zero-order valence-electron chi connectivity index (χ0n) is 14.5. The van der Waals surface area contributed by atoms with Gasteiger partial charge in [-0.15, -0.1) is 0 Å². The average Bonchev–Trinajstić information content (AvgIpc) is 2.92. The van der Waals surface area contributed by atoms with Gasteiger partial charge < -0.3 is 4.90 Å². The number of nitrogens with zero attached hydrogens (tertiary/aromatic N) is 3. The van der Waals surface area contributed by atoms with E-state index in [1.807, 2.05) is 0 Å². The fourth-order valence-corrected chi connectivity index (χ4v) is 3.49. The first kappa shape index (κ1) is 15.4. The fourth-order valence-electron chi connectivity index (χ4n) is 3.49. The van der Waals surface area contributed by atoms with Gasteiger partial charge in [0.1, 0.15) is 0 Å². The molecule has 118 valence electrons. The third-order valence-electron chi connectivity index (χ3n) is 5.09. The maximum Gasteiger partial charge on any atom is 0.0740 e. The van der Waals surface area contributed by atoms with Crippen LogP contribution in [0, 0.1) is 20.8 Å². The van der Waals surface area contributed by atoms with Crippen molar-refractivity contribution in [2.24, 2.45) is 0 Å². The maximum absolute atomic E-state index is 4.79. The highest BCUT2D eigenvalue weighted by atomic mass is 15.2. The molecule has 3 nitrogen and oxygen atoms in total. The van der Waals surface area contributed by atoms with Crippen LogP contribution in [0.25, 0.3) is 10.9 Å². The summed E-state index contributed by atoms with van der Waals surface area (Å²) in [7, 11) is 4.37. The van der Waals surface area contributed by atoms with Crippen molar-refractivity contribution in [3.8, 4) is 0 Å². The molecule has 0 bridgehead atoms. The number of likely N-dealkylation sites (N-methyl/N-ethyl adjacent to an activating group) is 1. The molecule has 0 saturated carbocycles. The monoisotopic (exact) mass is 297 g/mol. The molecule has 2 aromatic rings. The highest BCUT2D eigenvalue weighted by molar-refractivity contribution is 5.86. The number of fused-ring (bicyclic) bond motifs is 1. The van der Waals surface area contributed by atoms with Crippen LogP contribution >= 0.6 is 0 Å². The predicted molar refractivity (Wildman–Crippen MR) is 93.3 cm³/mol. The van der Waals surface area contributed by atoms with Crippen LogP contribution in [-0.2, 0) is 6.54 Å². The van der Waals surface area contributed by atoms with Crippen molar-refractivity contribution in [3.63, 3.8) is 0 Å². The van der Waals surface area contributed by atoms with Gasteiger partial charge in [-0.25, -0.2) is 0 Å². The number of hydrogen-bond acceptors (Lipinski definition) is 3. The van der Waals surface area contributed by atoms with Gasteiger partial charge in [-0.2, -0.15) is 0 Å². The first-order valence-electron chi connectivity index (χ1n) is 8.21. The molecule has 1 aromatic heterocycles. The Morgan fingerprint density at radius 3 is 2.68 bits per heavy atom. The summed E-state index contributed by atoms with van der Waals surface area (Å²) in [5.41, 5.74) is 6.36. The Balaban J connectivity index is 1.93. The van der Waals surface area contributed by atoms with Crippen LogP contribution in [0.1, 0.15) is 28.8 Å². The lowest BCUT2D eigenvalue weighted by atomic mass is 10.0. The van der Waals surface area contributed by atoms with E-state index in [4.69, 9.17) is 4.98 Å². The summed E-state index contributed by atoms with van der Waals surface area (Å²) in [5.74, 6) is 0. The van der Waals surface area contributed by atoms with Crippen molar-refractivity contribution in [1.29, 1.82) is 0 Å². The van der Waals surface area contributed by atoms with E-state index in [-0.39, 0.29) is 0 Å². The second kappa shape index (κ2) is 5.98. The van der Waals surface area contributed by atoms with Gasteiger partial charge in [-0.1, -0.05) is 12.1 Å². The third-order valence-corrected chi connectivity index (χ3v) is 5.09. The van der Waals surface area contributed by atoms with Gasteiger partial charge >= 0.3 is 0 Å². The van der Waals surface area contributed by atoms with Crippen LogP contribution in [0.4, 0.5) is 0 Å². The zero-order valence-corrected chi connectivity index (χ0v) is 14.5. The smallest absolute Gasteiger partial charge is 0.0740 e. The number of pyridine rings is 1. The summed E-state index contributed by atoms with van der Waals surface area (Å²) < 4.78 is 0. The van der Waals surface area contributed by atoms with Crippen molar-refractivity contribution in [2.75, 3.05) is 27.2 Å². The van der Waals surface area contributed by atoms with E-state index in [1.54, 1.807) is 0 Å². The van der Waals surface area contributed by atoms with E-state index in [1.165, 1.54) is 47.1 Å². The Morgan fingerprint density at radius 2 is 2.00 bits per heavy atom. The number of hydrogen-bond donors (Lipinski definition) is 0. The zero-order chi connectivity index (χ0) is 15.9. The Morgan fingerprint density at radius 1 is 1.23 bits per heavy atom. The Hall–Kier alpha value is -1.45. The topological polar surface area (TPSA) is 19.4 Å². The summed E-state index contributed by atoms with van der Waals surface area (Å²) in [6, 6.07) is 7.43. The number of aryl methyl sites for hydroxylation is 3. The maximum atomic E-state index is 4.79. The number of aromatic nitrogens is 1. The van der Waals surface area contributed by atoms with Crippen molar-refractivity contribution < 1.29 is 0 Å². The Kier molecular flexibility index (Phi) is 4.20. The molecule has 0 spiro atoms. The molecule has 0 radical (unpaired) electrons. The van der Waals surface area contributed by atoms with Crippen LogP contribution in [0.5, 0.6) is 0 Å². The second-order valence-electron chi connectivity index (χ2n) is 6.97. The van der Waals surface area contributed by atoms with E-state index >= 15 is 0 Å². The standard InChI is InChI=1S/C19H27N3/c1-13-6-7-18-16(10-14(2)20-19(18)15(13)3)11-22-9-8-17(12-22)21(4)5/h6-7,10,17H,8-9,11-12H2,1-5H3. The van der Waals surface area contributed by atoms with Crippen molar-refractivity contribution >= 4 is 10.9 Å². The van der Waals surface area contributed by atoms with Crippen molar-refractivity contribution in [2.45, 2.75) is 39.8 Å². The molecule has 3 heteroatoms. The normalized spacial score (nSPS) is 19.5. The minimum absolute atomic E-state index is 0.693. The molecule has 0 N–H and O–H groups in total. The molecule has 22 heavy (non-hydrogen) atoms. The van der Waals surface area contributed by atoms with E-state index < -0.39 is 0 Å². The van der Waals surface area contributed by atoms with Crippen LogP contribution < -0.4 is 0 Å². The van der Waals surface area contributed by atoms with Crippen LogP contribution in [-0.4, -0.2) is 48.0 Å². The SMILES string of the molecule is Cc1cc(CN2CCC(N(C)C)C2)c2ccc(C)c(C)c2n1. The molecule has 0 amide bonds. The molecule has 1 atom stereocenters. The minimum Gasteiger partial charge on any atom is -0.305 e. The average molecular weight is 297 g/mol. The number of likely N-dealkylation sites (tertiary alicyclic amines) is 1. The van der Waals surface area contributed by atoms with E-state index in [0.29, 0.717) is 6.04 Å². The molecule has 2 heterocycles. The summed E-state index contributed by atoms with van der Waals surface area (Å²) in [6.07, 6.45) is 1.27. The van der Waals surface area contributed by atoms with Crippen molar-refractivity contribution in [3.05, 3.63) is 40.6 Å². The van der Waals surface area contributed by atoms with Crippen LogP contribution in [0.3, 0.4) is 0 Å². The van der Waals surface area contributed by atoms with E-state index in [0.717, 1.165) is 12.2 Å². The summed E-state index contributed by atoms with van der Waals surface area (Å²) in [5, 5.41) is 1.32. The van der Waals surface area contributed by atoms with Gasteiger partial charge in [0.15, 0.2) is 0 Å². The van der Waals surface area contributed by atoms with Gasteiger partial charge in [0, 0.05) is 36.8 Å². The van der Waals surface area contributed by atoms with E-state index in [2.05, 4.69) is 62.9 Å². The minimum atomic E-state index is 0.693. The van der Waals surface area contributed by atoms with Gasteiger partial charge in [0.2, 0.25) is 0 Å². The lowest BCUT2D eigenvalue weighted by Crippen LogP contribution is -2.31. The molecule has 1 aromatic carbocycles. The van der Waals surface area contributed by atoms with Gasteiger partial charge in [0.25, 0.3) is 0 Å². The first-order valence-corrected chi connectivity index (χ1v) is 8.21. The van der Waals surface area contributed by atoms with Gasteiger partial charge in [-0.05, 0) is 64.0 Å². The molecular weight excluding hydrogens is 270 g/mol. The largest absolute Gasteiger partial charge is 0.305 e. The molecule has 1 aliphatic rings. The predicted octanol–water partition coefficient (Wildman–Crippen LogP) is 3.30. The second-order valence-corrected chi connectivity index (χ2v) is 6.97. The van der Waals surface area contributed by atoms with Gasteiger partial charge in [-0.3, -0.25) is 9.88 Å². The lowest BCUT2D eigenvalue weighted by molar-refractivity contribution is 0.265. The Bertz CT molecular complexity index is 691.